The average Bonchev–Trinajstić information content (AvgIpc) is 2.53. The van der Waals surface area contributed by atoms with Crippen LogP contribution in [0.4, 0.5) is 0 Å². The first-order chi connectivity index (χ1) is 11.2. The molecule has 0 aliphatic rings. The Morgan fingerprint density at radius 3 is 1.52 bits per heavy atom. The van der Waals surface area contributed by atoms with Crippen molar-refractivity contribution in [2.45, 2.75) is 84.5 Å². The molecular weight excluding hydrogens is 290 g/mol. The second kappa shape index (κ2) is 16.7. The highest BCUT2D eigenvalue weighted by Crippen LogP contribution is 2.13. The molecule has 0 radical (unpaired) electrons. The van der Waals surface area contributed by atoms with E-state index < -0.39 is 0 Å². The second-order valence-electron chi connectivity index (χ2n) is 6.69. The van der Waals surface area contributed by atoms with Gasteiger partial charge in [0.25, 0.3) is 0 Å². The minimum absolute atomic E-state index is 0.109. The van der Waals surface area contributed by atoms with Crippen LogP contribution < -0.4 is 0 Å². The number of quaternary nitrogens is 1. The lowest BCUT2D eigenvalue weighted by Crippen LogP contribution is -2.52. The number of aliphatic hydroxyl groups excluding tert-OH is 2. The lowest BCUT2D eigenvalue weighted by molar-refractivity contribution is -1.11. The number of unbranched alkanes of at least 4 members (excludes halogenated alkanes) is 9. The molecule has 0 aromatic rings. The molecular formula is C19H42NO3+. The molecule has 0 bridgehead atoms. The third-order valence-electron chi connectivity index (χ3n) is 4.51. The van der Waals surface area contributed by atoms with E-state index in [0.717, 1.165) is 26.0 Å². The Labute approximate surface area is 144 Å². The smallest absolute Gasteiger partial charge is 0.132 e. The molecule has 0 heterocycles. The molecule has 0 aromatic carbocycles. The van der Waals surface area contributed by atoms with Gasteiger partial charge in [-0.05, 0) is 12.8 Å². The summed E-state index contributed by atoms with van der Waals surface area (Å²) in [6, 6.07) is 0. The molecule has 0 amide bonds. The summed E-state index contributed by atoms with van der Waals surface area (Å²) in [5.74, 6) is 0. The van der Waals surface area contributed by atoms with Crippen molar-refractivity contribution in [1.29, 1.82) is 0 Å². The van der Waals surface area contributed by atoms with Crippen molar-refractivity contribution in [3.8, 4) is 0 Å². The fraction of sp³-hybridized carbons (Fsp3) is 1.00. The molecule has 0 saturated carbocycles. The lowest BCUT2D eigenvalue weighted by Gasteiger charge is -2.34. The van der Waals surface area contributed by atoms with Crippen LogP contribution in [-0.4, -0.2) is 54.3 Å². The van der Waals surface area contributed by atoms with Gasteiger partial charge in [0.15, 0.2) is 0 Å². The van der Waals surface area contributed by atoms with Gasteiger partial charge in [-0.15, -0.1) is 0 Å². The van der Waals surface area contributed by atoms with E-state index in [-0.39, 0.29) is 13.2 Å². The zero-order valence-corrected chi connectivity index (χ0v) is 15.8. The number of nitrogens with zero attached hydrogens (tertiary/aromatic N) is 1. The van der Waals surface area contributed by atoms with Crippen LogP contribution in [0.25, 0.3) is 0 Å². The average molecular weight is 333 g/mol. The number of rotatable bonds is 18. The molecule has 0 aromatic heterocycles. The summed E-state index contributed by atoms with van der Waals surface area (Å²) in [5.41, 5.74) is 0. The van der Waals surface area contributed by atoms with Crippen molar-refractivity contribution in [3.05, 3.63) is 0 Å². The van der Waals surface area contributed by atoms with Gasteiger partial charge in [-0.2, -0.15) is 4.65 Å². The largest absolute Gasteiger partial charge is 0.390 e. The van der Waals surface area contributed by atoms with E-state index in [1.807, 2.05) is 0 Å². The fourth-order valence-corrected chi connectivity index (χ4v) is 3.15. The highest BCUT2D eigenvalue weighted by molar-refractivity contribution is 4.47. The van der Waals surface area contributed by atoms with Gasteiger partial charge < -0.3 is 10.2 Å². The van der Waals surface area contributed by atoms with E-state index >= 15 is 0 Å². The minimum atomic E-state index is 0.109. The van der Waals surface area contributed by atoms with Crippen LogP contribution >= 0.6 is 0 Å². The molecule has 140 valence electrons. The molecule has 0 aliphatic heterocycles. The van der Waals surface area contributed by atoms with Crippen LogP contribution in [0.15, 0.2) is 0 Å². The van der Waals surface area contributed by atoms with E-state index in [2.05, 4.69) is 13.8 Å². The molecule has 0 aliphatic carbocycles. The highest BCUT2D eigenvalue weighted by atomic mass is 16.7. The van der Waals surface area contributed by atoms with Gasteiger partial charge >= 0.3 is 0 Å². The zero-order chi connectivity index (χ0) is 17.2. The van der Waals surface area contributed by atoms with Gasteiger partial charge in [0.1, 0.15) is 26.2 Å². The van der Waals surface area contributed by atoms with Gasteiger partial charge in [0.2, 0.25) is 0 Å². The molecule has 4 heteroatoms. The quantitative estimate of drug-likeness (QED) is 0.226. The highest BCUT2D eigenvalue weighted by Gasteiger charge is 2.27. The Balaban J connectivity index is 3.65. The summed E-state index contributed by atoms with van der Waals surface area (Å²) in [5, 5.41) is 18.5. The van der Waals surface area contributed by atoms with Crippen LogP contribution in [0.2, 0.25) is 0 Å². The SMILES string of the molecule is CCCCCCCCCCCCO[N+](CCC)(CCO)CCO. The van der Waals surface area contributed by atoms with E-state index in [4.69, 9.17) is 4.84 Å². The first-order valence-corrected chi connectivity index (χ1v) is 9.97. The molecule has 0 rings (SSSR count). The van der Waals surface area contributed by atoms with E-state index in [9.17, 15) is 10.2 Å². The van der Waals surface area contributed by atoms with E-state index in [1.54, 1.807) is 0 Å². The Kier molecular flexibility index (Phi) is 16.6. The maximum Gasteiger partial charge on any atom is 0.132 e. The zero-order valence-electron chi connectivity index (χ0n) is 15.8. The standard InChI is InChI=1S/C19H42NO3/c1-3-5-6-7-8-9-10-11-12-13-19-23-20(14-4-2,15-17-21)16-18-22/h21-22H,3-19H2,1-2H3/q+1. The molecule has 0 fully saturated rings. The molecule has 23 heavy (non-hydrogen) atoms. The first kappa shape index (κ1) is 22.8. The predicted molar refractivity (Wildman–Crippen MR) is 97.1 cm³/mol. The number of hydroxylamine groups is 3. The maximum atomic E-state index is 9.26. The summed E-state index contributed by atoms with van der Waals surface area (Å²) in [6.07, 6.45) is 14.2. The Morgan fingerprint density at radius 1 is 0.609 bits per heavy atom. The summed E-state index contributed by atoms with van der Waals surface area (Å²) in [4.78, 5) is 6.04. The second-order valence-corrected chi connectivity index (χ2v) is 6.69. The van der Waals surface area contributed by atoms with Crippen molar-refractivity contribution in [1.82, 2.24) is 0 Å². The van der Waals surface area contributed by atoms with Crippen LogP contribution in [0, 0.1) is 0 Å². The minimum Gasteiger partial charge on any atom is -0.390 e. The first-order valence-electron chi connectivity index (χ1n) is 9.97. The van der Waals surface area contributed by atoms with Crippen LogP contribution in [0.5, 0.6) is 0 Å². The normalized spacial score (nSPS) is 12.0. The third kappa shape index (κ3) is 12.9. The van der Waals surface area contributed by atoms with Crippen LogP contribution in [0.3, 0.4) is 0 Å². The Hall–Kier alpha value is -0.160. The summed E-state index contributed by atoms with van der Waals surface area (Å²) < 4.78 is 0.404. The summed E-state index contributed by atoms with van der Waals surface area (Å²) in [6.45, 7) is 7.34. The monoisotopic (exact) mass is 332 g/mol. The van der Waals surface area contributed by atoms with Crippen LogP contribution in [-0.2, 0) is 4.84 Å². The molecule has 0 atom stereocenters. The number of hydrogen-bond donors (Lipinski definition) is 2. The molecule has 0 saturated heterocycles. The molecule has 0 spiro atoms. The third-order valence-corrected chi connectivity index (χ3v) is 4.51. The fourth-order valence-electron chi connectivity index (χ4n) is 3.15. The van der Waals surface area contributed by atoms with E-state index in [0.29, 0.717) is 17.7 Å². The summed E-state index contributed by atoms with van der Waals surface area (Å²) >= 11 is 0. The summed E-state index contributed by atoms with van der Waals surface area (Å²) in [7, 11) is 0. The van der Waals surface area contributed by atoms with Gasteiger partial charge in [-0.3, -0.25) is 0 Å². The molecule has 0 unspecified atom stereocenters. The molecule has 2 N–H and O–H groups in total. The topological polar surface area (TPSA) is 49.7 Å². The predicted octanol–water partition coefficient (Wildman–Crippen LogP) is 4.05. The van der Waals surface area contributed by atoms with Gasteiger partial charge in [-0.25, -0.2) is 4.84 Å². The van der Waals surface area contributed by atoms with Crippen molar-refractivity contribution in [2.75, 3.05) is 39.5 Å². The number of hydrogen-bond acceptors (Lipinski definition) is 3. The maximum absolute atomic E-state index is 9.26. The van der Waals surface area contributed by atoms with Crippen LogP contribution in [0.1, 0.15) is 84.5 Å². The van der Waals surface area contributed by atoms with Gasteiger partial charge in [-0.1, -0.05) is 71.6 Å². The van der Waals surface area contributed by atoms with Gasteiger partial charge in [0, 0.05) is 0 Å². The lowest BCUT2D eigenvalue weighted by atomic mass is 10.1. The Bertz CT molecular complexity index is 220. The Morgan fingerprint density at radius 2 is 1.09 bits per heavy atom. The molecule has 4 nitrogen and oxygen atoms in total. The number of aliphatic hydroxyl groups is 2. The van der Waals surface area contributed by atoms with Crippen molar-refractivity contribution in [3.63, 3.8) is 0 Å². The van der Waals surface area contributed by atoms with Crippen molar-refractivity contribution in [2.24, 2.45) is 0 Å². The van der Waals surface area contributed by atoms with Crippen molar-refractivity contribution < 1.29 is 19.7 Å². The van der Waals surface area contributed by atoms with Crippen molar-refractivity contribution >= 4 is 0 Å². The van der Waals surface area contributed by atoms with E-state index in [1.165, 1.54) is 57.8 Å². The van der Waals surface area contributed by atoms with Gasteiger partial charge in [0.05, 0.1) is 13.2 Å².